The molecule has 0 saturated heterocycles. The van der Waals surface area contributed by atoms with Gasteiger partial charge in [-0.25, -0.2) is 4.79 Å². The van der Waals surface area contributed by atoms with E-state index in [1.54, 1.807) is 36.4 Å². The SMILES string of the molecule is CC(Oc1c(-c2ccc(Br)o2)oc2ccccc2c1=O)C(=O)O. The van der Waals surface area contributed by atoms with Crippen LogP contribution >= 0.6 is 15.9 Å². The Kier molecular flexibility index (Phi) is 3.96. The van der Waals surface area contributed by atoms with Crippen LogP contribution in [0.5, 0.6) is 5.75 Å². The number of ether oxygens (including phenoxy) is 1. The number of hydrogen-bond donors (Lipinski definition) is 1. The molecule has 0 aliphatic rings. The molecule has 6 nitrogen and oxygen atoms in total. The normalized spacial score (nSPS) is 12.3. The van der Waals surface area contributed by atoms with E-state index in [-0.39, 0.29) is 17.3 Å². The van der Waals surface area contributed by atoms with Crippen molar-refractivity contribution in [1.29, 1.82) is 0 Å². The number of para-hydroxylation sites is 1. The molecule has 0 bridgehead atoms. The number of carbonyl (C=O) groups is 1. The lowest BCUT2D eigenvalue weighted by molar-refractivity contribution is -0.144. The predicted octanol–water partition coefficient (Wildman–Crippen LogP) is 3.67. The molecule has 0 radical (unpaired) electrons. The minimum atomic E-state index is -1.21. The Hall–Kier alpha value is -2.54. The van der Waals surface area contributed by atoms with Crippen LogP contribution in [-0.2, 0) is 4.79 Å². The van der Waals surface area contributed by atoms with Gasteiger partial charge < -0.3 is 18.7 Å². The number of hydrogen-bond acceptors (Lipinski definition) is 5. The summed E-state index contributed by atoms with van der Waals surface area (Å²) in [5, 5.41) is 9.32. The molecule has 0 aliphatic heterocycles. The first-order chi connectivity index (χ1) is 11.0. The number of benzene rings is 1. The molecule has 0 aliphatic carbocycles. The molecule has 23 heavy (non-hydrogen) atoms. The van der Waals surface area contributed by atoms with Crippen LogP contribution in [0.2, 0.25) is 0 Å². The van der Waals surface area contributed by atoms with Crippen LogP contribution < -0.4 is 10.2 Å². The van der Waals surface area contributed by atoms with Crippen molar-refractivity contribution < 1.29 is 23.5 Å². The van der Waals surface area contributed by atoms with Crippen LogP contribution in [0.3, 0.4) is 0 Å². The van der Waals surface area contributed by atoms with Crippen molar-refractivity contribution >= 4 is 32.9 Å². The van der Waals surface area contributed by atoms with Crippen molar-refractivity contribution in [2.75, 3.05) is 0 Å². The lowest BCUT2D eigenvalue weighted by Crippen LogP contribution is -2.26. The molecule has 1 atom stereocenters. The highest BCUT2D eigenvalue weighted by Crippen LogP contribution is 2.33. The summed E-state index contributed by atoms with van der Waals surface area (Å²) in [6, 6.07) is 9.87. The summed E-state index contributed by atoms with van der Waals surface area (Å²) in [5.74, 6) is -1.08. The van der Waals surface area contributed by atoms with Gasteiger partial charge in [0.2, 0.25) is 16.9 Å². The molecular formula is C16H11BrO6. The molecule has 3 rings (SSSR count). The Morgan fingerprint density at radius 1 is 1.22 bits per heavy atom. The van der Waals surface area contributed by atoms with E-state index in [9.17, 15) is 9.59 Å². The van der Waals surface area contributed by atoms with Crippen LogP contribution in [0.15, 0.2) is 54.7 Å². The van der Waals surface area contributed by atoms with E-state index in [2.05, 4.69) is 15.9 Å². The Morgan fingerprint density at radius 3 is 2.61 bits per heavy atom. The largest absolute Gasteiger partial charge is 0.479 e. The summed E-state index contributed by atoms with van der Waals surface area (Å²) < 4.78 is 16.9. The molecule has 1 aromatic carbocycles. The topological polar surface area (TPSA) is 89.9 Å². The second-order valence-electron chi connectivity index (χ2n) is 4.79. The molecule has 2 aromatic heterocycles. The van der Waals surface area contributed by atoms with Crippen LogP contribution in [-0.4, -0.2) is 17.2 Å². The monoisotopic (exact) mass is 378 g/mol. The Labute approximate surface area is 138 Å². The van der Waals surface area contributed by atoms with Gasteiger partial charge in [-0.15, -0.1) is 0 Å². The molecule has 0 amide bonds. The highest BCUT2D eigenvalue weighted by Gasteiger charge is 2.24. The van der Waals surface area contributed by atoms with Crippen LogP contribution in [0, 0.1) is 0 Å². The van der Waals surface area contributed by atoms with E-state index in [1.807, 2.05) is 0 Å². The Morgan fingerprint density at radius 2 is 1.96 bits per heavy atom. The van der Waals surface area contributed by atoms with Crippen LogP contribution in [0.1, 0.15) is 6.92 Å². The number of carboxylic acids is 1. The molecule has 0 fully saturated rings. The maximum atomic E-state index is 12.7. The average Bonchev–Trinajstić information content (AvgIpc) is 2.96. The lowest BCUT2D eigenvalue weighted by atomic mass is 10.2. The number of halogens is 1. The average molecular weight is 379 g/mol. The fraction of sp³-hybridized carbons (Fsp3) is 0.125. The van der Waals surface area contributed by atoms with Gasteiger partial charge in [0.05, 0.1) is 5.39 Å². The second-order valence-corrected chi connectivity index (χ2v) is 5.57. The first kappa shape index (κ1) is 15.4. The molecule has 1 unspecified atom stereocenters. The number of fused-ring (bicyclic) bond motifs is 1. The van der Waals surface area contributed by atoms with E-state index in [0.717, 1.165) is 0 Å². The van der Waals surface area contributed by atoms with Crippen LogP contribution in [0.25, 0.3) is 22.5 Å². The number of aliphatic carboxylic acids is 1. The zero-order chi connectivity index (χ0) is 16.6. The van der Waals surface area contributed by atoms with Gasteiger partial charge in [0.1, 0.15) is 5.58 Å². The lowest BCUT2D eigenvalue weighted by Gasteiger charge is -2.12. The zero-order valence-electron chi connectivity index (χ0n) is 11.9. The van der Waals surface area contributed by atoms with Gasteiger partial charge in [-0.3, -0.25) is 4.79 Å². The number of furan rings is 1. The molecule has 0 spiro atoms. The first-order valence-electron chi connectivity index (χ1n) is 6.68. The van der Waals surface area contributed by atoms with Gasteiger partial charge in [-0.05, 0) is 47.1 Å². The van der Waals surface area contributed by atoms with Gasteiger partial charge in [0.25, 0.3) is 0 Å². The maximum absolute atomic E-state index is 12.7. The van der Waals surface area contributed by atoms with Crippen molar-refractivity contribution in [1.82, 2.24) is 0 Å². The van der Waals surface area contributed by atoms with Gasteiger partial charge in [-0.1, -0.05) is 12.1 Å². The summed E-state index contributed by atoms with van der Waals surface area (Å²) in [7, 11) is 0. The van der Waals surface area contributed by atoms with E-state index in [4.69, 9.17) is 18.7 Å². The second kappa shape index (κ2) is 5.92. The Bertz CT molecular complexity index is 939. The van der Waals surface area contributed by atoms with Crippen molar-refractivity contribution in [3.8, 4) is 17.3 Å². The summed E-state index contributed by atoms with van der Waals surface area (Å²) >= 11 is 3.17. The van der Waals surface area contributed by atoms with Crippen molar-refractivity contribution in [3.05, 3.63) is 51.3 Å². The molecule has 2 heterocycles. The van der Waals surface area contributed by atoms with Crippen molar-refractivity contribution in [3.63, 3.8) is 0 Å². The van der Waals surface area contributed by atoms with Crippen molar-refractivity contribution in [2.45, 2.75) is 13.0 Å². The minimum absolute atomic E-state index is 0.0486. The molecule has 1 N–H and O–H groups in total. The highest BCUT2D eigenvalue weighted by molar-refractivity contribution is 9.10. The molecule has 0 saturated carbocycles. The standard InChI is InChI=1S/C16H11BrO6/c1-8(16(19)20)21-15-13(18)9-4-2-3-5-10(9)23-14(15)11-6-7-12(17)22-11/h2-8H,1H3,(H,19,20). The first-order valence-corrected chi connectivity index (χ1v) is 7.47. The predicted molar refractivity (Wildman–Crippen MR) is 85.6 cm³/mol. The van der Waals surface area contributed by atoms with E-state index in [1.165, 1.54) is 6.92 Å². The van der Waals surface area contributed by atoms with Gasteiger partial charge in [0.15, 0.2) is 16.5 Å². The van der Waals surface area contributed by atoms with Crippen molar-refractivity contribution in [2.24, 2.45) is 0 Å². The van der Waals surface area contributed by atoms with Gasteiger partial charge >= 0.3 is 5.97 Å². The van der Waals surface area contributed by atoms with E-state index < -0.39 is 17.5 Å². The quantitative estimate of drug-likeness (QED) is 0.744. The third-order valence-corrected chi connectivity index (χ3v) is 3.62. The smallest absolute Gasteiger partial charge is 0.344 e. The summed E-state index contributed by atoms with van der Waals surface area (Å²) in [4.78, 5) is 23.7. The molecule has 118 valence electrons. The number of carboxylic acid groups (broad SMARTS) is 1. The molecule has 3 aromatic rings. The summed E-state index contributed by atoms with van der Waals surface area (Å²) in [6.07, 6.45) is -1.21. The van der Waals surface area contributed by atoms with Gasteiger partial charge in [-0.2, -0.15) is 0 Å². The van der Waals surface area contributed by atoms with E-state index in [0.29, 0.717) is 15.6 Å². The van der Waals surface area contributed by atoms with Gasteiger partial charge in [0, 0.05) is 0 Å². The summed E-state index contributed by atoms with van der Waals surface area (Å²) in [5.41, 5.74) is -0.0992. The number of rotatable bonds is 4. The third kappa shape index (κ3) is 2.87. The fourth-order valence-corrected chi connectivity index (χ4v) is 2.36. The Balaban J connectivity index is 2.27. The van der Waals surface area contributed by atoms with E-state index >= 15 is 0 Å². The fourth-order valence-electron chi connectivity index (χ4n) is 2.06. The zero-order valence-corrected chi connectivity index (χ0v) is 13.5. The maximum Gasteiger partial charge on any atom is 0.344 e. The minimum Gasteiger partial charge on any atom is -0.479 e. The molecule has 7 heteroatoms. The van der Waals surface area contributed by atoms with Crippen LogP contribution in [0.4, 0.5) is 0 Å². The highest BCUT2D eigenvalue weighted by atomic mass is 79.9. The summed E-state index contributed by atoms with van der Waals surface area (Å²) in [6.45, 7) is 1.33. The molecular weight excluding hydrogens is 368 g/mol. The third-order valence-electron chi connectivity index (χ3n) is 3.20.